The summed E-state index contributed by atoms with van der Waals surface area (Å²) in [6.45, 7) is 0. The second-order valence-electron chi connectivity index (χ2n) is 5.07. The first-order valence-corrected chi connectivity index (χ1v) is 8.38. The van der Waals surface area contributed by atoms with Gasteiger partial charge in [-0.1, -0.05) is 42.1 Å². The lowest BCUT2D eigenvalue weighted by Gasteiger charge is -2.06. The zero-order chi connectivity index (χ0) is 17.6. The molecule has 3 aromatic rings. The van der Waals surface area contributed by atoms with E-state index in [4.69, 9.17) is 0 Å². The van der Waals surface area contributed by atoms with Crippen LogP contribution < -0.4 is 5.32 Å². The van der Waals surface area contributed by atoms with E-state index in [1.165, 1.54) is 36.0 Å². The van der Waals surface area contributed by atoms with E-state index in [1.54, 1.807) is 36.4 Å². The second kappa shape index (κ2) is 7.85. The molecule has 0 fully saturated rings. The quantitative estimate of drug-likeness (QED) is 0.692. The van der Waals surface area contributed by atoms with Gasteiger partial charge in [0, 0.05) is 5.75 Å². The van der Waals surface area contributed by atoms with Gasteiger partial charge in [0.1, 0.15) is 16.7 Å². The molecule has 0 bridgehead atoms. The van der Waals surface area contributed by atoms with Crippen molar-refractivity contribution < 1.29 is 13.6 Å². The van der Waals surface area contributed by atoms with Gasteiger partial charge >= 0.3 is 0 Å². The fourth-order valence-electron chi connectivity index (χ4n) is 2.06. The molecule has 0 saturated heterocycles. The monoisotopic (exact) mass is 357 g/mol. The zero-order valence-corrected chi connectivity index (χ0v) is 13.8. The van der Waals surface area contributed by atoms with Crippen molar-refractivity contribution in [1.82, 2.24) is 10.2 Å². The number of nitrogens with zero attached hydrogens (tertiary/aromatic N) is 2. The average molecular weight is 357 g/mol. The van der Waals surface area contributed by atoms with Crippen LogP contribution in [0.4, 0.5) is 14.6 Å². The molecule has 1 N–H and O–H groups in total. The van der Waals surface area contributed by atoms with Crippen molar-refractivity contribution in [2.75, 3.05) is 5.32 Å². The third kappa shape index (κ3) is 4.39. The number of benzene rings is 2. The molecule has 0 atom stereocenters. The van der Waals surface area contributed by atoms with Gasteiger partial charge in [-0.15, -0.1) is 10.2 Å². The van der Waals surface area contributed by atoms with Gasteiger partial charge in [-0.2, -0.15) is 0 Å². The third-order valence-corrected chi connectivity index (χ3v) is 4.30. The highest BCUT2D eigenvalue weighted by Crippen LogP contribution is 2.22. The van der Waals surface area contributed by atoms with Crippen LogP contribution in [0.25, 0.3) is 0 Å². The molecule has 0 spiro atoms. The summed E-state index contributed by atoms with van der Waals surface area (Å²) in [7, 11) is 0. The van der Waals surface area contributed by atoms with Gasteiger partial charge in [0.05, 0.1) is 5.56 Å². The Morgan fingerprint density at radius 1 is 0.920 bits per heavy atom. The molecule has 25 heavy (non-hydrogen) atoms. The summed E-state index contributed by atoms with van der Waals surface area (Å²) >= 11 is 1.33. The van der Waals surface area contributed by atoms with Gasteiger partial charge in [0.25, 0.3) is 5.91 Å². The number of hydrogen-bond acceptors (Lipinski definition) is 4. The Bertz CT molecular complexity index is 887. The first-order chi connectivity index (χ1) is 12.1. The van der Waals surface area contributed by atoms with E-state index in [9.17, 15) is 13.6 Å². The Labute approximate surface area is 147 Å². The summed E-state index contributed by atoms with van der Waals surface area (Å²) in [5.74, 6) is -0.841. The van der Waals surface area contributed by atoms with Crippen molar-refractivity contribution in [2.24, 2.45) is 0 Å². The predicted octanol–water partition coefficient (Wildman–Crippen LogP) is 4.30. The maximum atomic E-state index is 13.6. The Hall–Kier alpha value is -2.80. The van der Waals surface area contributed by atoms with Crippen LogP contribution in [0.1, 0.15) is 15.9 Å². The molecule has 1 heterocycles. The van der Waals surface area contributed by atoms with E-state index in [2.05, 4.69) is 15.5 Å². The predicted molar refractivity (Wildman–Crippen MR) is 92.3 cm³/mol. The molecule has 1 aromatic heterocycles. The SMILES string of the molecule is O=C(Nc1ccc(SCc2ccccc2F)nn1)c1ccccc1F. The summed E-state index contributed by atoms with van der Waals surface area (Å²) in [4.78, 5) is 12.0. The van der Waals surface area contributed by atoms with Crippen LogP contribution in [0.15, 0.2) is 65.7 Å². The standard InChI is InChI=1S/C18H13F2N3OS/c19-14-7-3-1-5-12(14)11-25-17-10-9-16(22-23-17)21-18(24)13-6-2-4-8-15(13)20/h1-10H,11H2,(H,21,22,24). The van der Waals surface area contributed by atoms with Crippen molar-refractivity contribution in [1.29, 1.82) is 0 Å². The highest BCUT2D eigenvalue weighted by molar-refractivity contribution is 7.98. The van der Waals surface area contributed by atoms with Crippen LogP contribution >= 0.6 is 11.8 Å². The summed E-state index contributed by atoms with van der Waals surface area (Å²) < 4.78 is 27.1. The van der Waals surface area contributed by atoms with Gasteiger partial charge in [-0.3, -0.25) is 4.79 Å². The first-order valence-electron chi connectivity index (χ1n) is 7.39. The summed E-state index contributed by atoms with van der Waals surface area (Å²) in [5.41, 5.74) is 0.508. The van der Waals surface area contributed by atoms with Crippen LogP contribution in [-0.4, -0.2) is 16.1 Å². The van der Waals surface area contributed by atoms with Gasteiger partial charge < -0.3 is 5.32 Å². The third-order valence-electron chi connectivity index (χ3n) is 3.33. The second-order valence-corrected chi connectivity index (χ2v) is 6.07. The van der Waals surface area contributed by atoms with Gasteiger partial charge in [-0.05, 0) is 35.9 Å². The van der Waals surface area contributed by atoms with Crippen molar-refractivity contribution in [3.05, 3.63) is 83.4 Å². The van der Waals surface area contributed by atoms with Gasteiger partial charge in [-0.25, -0.2) is 8.78 Å². The molecule has 7 heteroatoms. The molecule has 0 saturated carbocycles. The van der Waals surface area contributed by atoms with Crippen molar-refractivity contribution in [3.63, 3.8) is 0 Å². The molecule has 0 aliphatic heterocycles. The minimum atomic E-state index is -0.606. The minimum Gasteiger partial charge on any atom is -0.305 e. The van der Waals surface area contributed by atoms with Crippen molar-refractivity contribution in [3.8, 4) is 0 Å². The Morgan fingerprint density at radius 2 is 1.64 bits per heavy atom. The van der Waals surface area contributed by atoms with E-state index in [1.807, 2.05) is 0 Å². The number of halogens is 2. The van der Waals surface area contributed by atoms with Crippen LogP contribution in [-0.2, 0) is 5.75 Å². The molecule has 4 nitrogen and oxygen atoms in total. The topological polar surface area (TPSA) is 54.9 Å². The van der Waals surface area contributed by atoms with E-state index in [-0.39, 0.29) is 17.2 Å². The van der Waals surface area contributed by atoms with Crippen molar-refractivity contribution >= 4 is 23.5 Å². The molecule has 0 aliphatic rings. The summed E-state index contributed by atoms with van der Waals surface area (Å²) in [5, 5.41) is 10.9. The molecule has 0 unspecified atom stereocenters. The molecule has 126 valence electrons. The maximum Gasteiger partial charge on any atom is 0.259 e. The first kappa shape index (κ1) is 17.0. The summed E-state index contributed by atoms with van der Waals surface area (Å²) in [6, 6.07) is 15.4. The Morgan fingerprint density at radius 3 is 2.32 bits per heavy atom. The number of nitrogens with one attached hydrogen (secondary N) is 1. The van der Waals surface area contributed by atoms with Gasteiger partial charge in [0.15, 0.2) is 5.82 Å². The van der Waals surface area contributed by atoms with Crippen LogP contribution in [0.3, 0.4) is 0 Å². The maximum absolute atomic E-state index is 13.6. The molecular weight excluding hydrogens is 344 g/mol. The highest BCUT2D eigenvalue weighted by Gasteiger charge is 2.12. The lowest BCUT2D eigenvalue weighted by Crippen LogP contribution is -2.14. The largest absolute Gasteiger partial charge is 0.305 e. The van der Waals surface area contributed by atoms with Gasteiger partial charge in [0.2, 0.25) is 0 Å². The number of hydrogen-bond donors (Lipinski definition) is 1. The zero-order valence-electron chi connectivity index (χ0n) is 12.9. The smallest absolute Gasteiger partial charge is 0.259 e. The number of carbonyl (C=O) groups is 1. The lowest BCUT2D eigenvalue weighted by molar-refractivity contribution is 0.102. The fraction of sp³-hybridized carbons (Fsp3) is 0.0556. The highest BCUT2D eigenvalue weighted by atomic mass is 32.2. The number of anilines is 1. The fourth-order valence-corrected chi connectivity index (χ4v) is 2.86. The lowest BCUT2D eigenvalue weighted by atomic mass is 10.2. The molecular formula is C18H13F2N3OS. The number of thioether (sulfide) groups is 1. The molecule has 3 rings (SSSR count). The summed E-state index contributed by atoms with van der Waals surface area (Å²) in [6.07, 6.45) is 0. The number of rotatable bonds is 5. The number of amides is 1. The molecule has 2 aromatic carbocycles. The average Bonchev–Trinajstić information content (AvgIpc) is 2.62. The Balaban J connectivity index is 1.62. The van der Waals surface area contributed by atoms with Crippen LogP contribution in [0, 0.1) is 11.6 Å². The normalized spacial score (nSPS) is 10.5. The van der Waals surface area contributed by atoms with E-state index in [0.717, 1.165) is 0 Å². The van der Waals surface area contributed by atoms with E-state index >= 15 is 0 Å². The van der Waals surface area contributed by atoms with E-state index in [0.29, 0.717) is 16.3 Å². The number of carbonyl (C=O) groups excluding carboxylic acids is 1. The molecule has 1 amide bonds. The minimum absolute atomic E-state index is 0.0673. The van der Waals surface area contributed by atoms with Crippen molar-refractivity contribution in [2.45, 2.75) is 10.8 Å². The molecule has 0 aliphatic carbocycles. The van der Waals surface area contributed by atoms with Crippen LogP contribution in [0.2, 0.25) is 0 Å². The Kier molecular flexibility index (Phi) is 5.35. The van der Waals surface area contributed by atoms with E-state index < -0.39 is 11.7 Å². The van der Waals surface area contributed by atoms with Crippen LogP contribution in [0.5, 0.6) is 0 Å². The number of aromatic nitrogens is 2. The molecule has 0 radical (unpaired) electrons.